The monoisotopic (exact) mass is 829 g/mol. The number of rotatable bonds is 14. The van der Waals surface area contributed by atoms with Crippen LogP contribution >= 0.6 is 0 Å². The van der Waals surface area contributed by atoms with Crippen molar-refractivity contribution in [1.82, 2.24) is 34.9 Å². The highest BCUT2D eigenvalue weighted by molar-refractivity contribution is 6.03. The van der Waals surface area contributed by atoms with E-state index in [1.165, 1.54) is 18.0 Å². The molecule has 3 aromatic carbocycles. The van der Waals surface area contributed by atoms with Gasteiger partial charge in [0.2, 0.25) is 17.5 Å². The number of H-pyrrole nitrogens is 1. The van der Waals surface area contributed by atoms with Gasteiger partial charge in [-0.15, -0.1) is 5.10 Å². The predicted molar refractivity (Wildman–Crippen MR) is 229 cm³/mol. The fourth-order valence-corrected chi connectivity index (χ4v) is 8.39. The second-order valence-corrected chi connectivity index (χ2v) is 16.3. The minimum atomic E-state index is -4.45. The third-order valence-corrected chi connectivity index (χ3v) is 11.5. The number of nitrogens with two attached hydrogens (primary N) is 1. The molecule has 15 heteroatoms. The number of nitrogens with zero attached hydrogens (tertiary/aromatic N) is 8. The number of para-hydroxylation sites is 1. The molecule has 0 spiro atoms. The maximum Gasteiger partial charge on any atom is 0.416 e. The summed E-state index contributed by atoms with van der Waals surface area (Å²) in [7, 11) is 0. The summed E-state index contributed by atoms with van der Waals surface area (Å²) in [4.78, 5) is 17.5. The lowest BCUT2D eigenvalue weighted by Gasteiger charge is -2.27. The molecular weight excluding hydrogens is 782 g/mol. The van der Waals surface area contributed by atoms with Gasteiger partial charge in [-0.3, -0.25) is 0 Å². The molecule has 0 saturated carbocycles. The number of alkyl halides is 3. The van der Waals surface area contributed by atoms with Crippen molar-refractivity contribution in [3.05, 3.63) is 149 Å². The minimum absolute atomic E-state index is 0.0240. The standard InChI is InChI=1S/C46H48F3N10O2/c1-44(2)34-12-8-9-13-36(34)59(23-24-60)38(44)14-6-5-7-15-39-45(3,4)35-25-32(46(47,48)49)20-21-37(35)58(39)22-10-11-33-27-57(56-55-33)26-30-16-18-31(19-17-30)28-61-42-40-41(52-29-51-40)53-43(50)54-42/h5-9,12-21,25,27,29,60H,10-11,22-24,26,28H2,1-4H3,(H3,50,51,52,53,54)/q+1. The highest BCUT2D eigenvalue weighted by Crippen LogP contribution is 2.49. The third kappa shape index (κ3) is 8.29. The van der Waals surface area contributed by atoms with Crippen LogP contribution in [0.3, 0.4) is 0 Å². The van der Waals surface area contributed by atoms with Crippen LogP contribution in [0.1, 0.15) is 67.6 Å². The van der Waals surface area contributed by atoms with Gasteiger partial charge in [0.15, 0.2) is 17.9 Å². The van der Waals surface area contributed by atoms with Crippen molar-refractivity contribution in [2.45, 2.75) is 70.7 Å². The largest absolute Gasteiger partial charge is 0.471 e. The number of ether oxygens (including phenoxy) is 1. The molecule has 0 amide bonds. The van der Waals surface area contributed by atoms with Crippen LogP contribution < -0.4 is 15.4 Å². The summed E-state index contributed by atoms with van der Waals surface area (Å²) in [5, 5.41) is 18.6. The maximum atomic E-state index is 13.9. The van der Waals surface area contributed by atoms with Gasteiger partial charge in [-0.1, -0.05) is 79.8 Å². The van der Waals surface area contributed by atoms with Gasteiger partial charge < -0.3 is 25.5 Å². The van der Waals surface area contributed by atoms with Gasteiger partial charge in [0.25, 0.3) is 0 Å². The Bertz CT molecular complexity index is 2690. The summed E-state index contributed by atoms with van der Waals surface area (Å²) in [6, 6.07) is 20.3. The zero-order valence-electron chi connectivity index (χ0n) is 34.5. The van der Waals surface area contributed by atoms with Crippen LogP contribution in [0.4, 0.5) is 30.5 Å². The highest BCUT2D eigenvalue weighted by Gasteiger charge is 2.44. The van der Waals surface area contributed by atoms with E-state index in [9.17, 15) is 18.3 Å². The fraction of sp³-hybridized carbons (Fsp3) is 0.304. The van der Waals surface area contributed by atoms with Crippen LogP contribution in [-0.4, -0.2) is 70.0 Å². The van der Waals surface area contributed by atoms with Crippen LogP contribution in [0.15, 0.2) is 115 Å². The van der Waals surface area contributed by atoms with Crippen molar-refractivity contribution >= 4 is 34.2 Å². The summed E-state index contributed by atoms with van der Waals surface area (Å²) in [6.45, 7) is 10.2. The van der Waals surface area contributed by atoms with Crippen LogP contribution in [0.25, 0.3) is 11.2 Å². The van der Waals surface area contributed by atoms with Gasteiger partial charge in [-0.2, -0.15) is 27.7 Å². The predicted octanol–water partition coefficient (Wildman–Crippen LogP) is 7.97. The Morgan fingerprint density at radius 2 is 1.72 bits per heavy atom. The molecule has 0 unspecified atom stereocenters. The SMILES string of the molecule is CC1(C)C(/C=C/C=C\C=C2/N(CCCc3cn(Cc4ccc(COc5nc(N)nc6nc[nH]c56)cc4)nn3)c3ccc(C(F)(F)F)cc3C2(C)C)=[N+](CCO)c2ccccc21. The number of hydrogen-bond acceptors (Lipinski definition) is 9. The molecule has 61 heavy (non-hydrogen) atoms. The van der Waals surface area contributed by atoms with Crippen LogP contribution in [0.5, 0.6) is 5.88 Å². The molecule has 0 bridgehead atoms. The maximum absolute atomic E-state index is 13.9. The number of hydrogen-bond donors (Lipinski definition) is 3. The molecule has 3 aromatic heterocycles. The average Bonchev–Trinajstić information content (AvgIpc) is 3.98. The van der Waals surface area contributed by atoms with E-state index in [4.69, 9.17) is 10.5 Å². The van der Waals surface area contributed by atoms with Gasteiger partial charge in [-0.25, -0.2) is 9.67 Å². The molecule has 0 fully saturated rings. The first-order chi connectivity index (χ1) is 29.2. The molecule has 6 aromatic rings. The summed E-state index contributed by atoms with van der Waals surface area (Å²) in [5.74, 6) is 0.421. The van der Waals surface area contributed by atoms with Gasteiger partial charge in [0.05, 0.1) is 29.5 Å². The Hall–Kier alpha value is -6.61. The number of nitrogen functional groups attached to an aromatic ring is 1. The topological polar surface area (TPSA) is 147 Å². The molecule has 8 rings (SSSR count). The molecule has 12 nitrogen and oxygen atoms in total. The van der Waals surface area contributed by atoms with E-state index in [-0.39, 0.29) is 24.6 Å². The second-order valence-electron chi connectivity index (χ2n) is 16.3. The smallest absolute Gasteiger partial charge is 0.416 e. The molecule has 4 N–H and O–H groups in total. The lowest BCUT2D eigenvalue weighted by atomic mass is 9.81. The van der Waals surface area contributed by atoms with E-state index in [0.29, 0.717) is 55.1 Å². The number of aliphatic hydroxyl groups is 1. The minimum Gasteiger partial charge on any atom is -0.471 e. The number of fused-ring (bicyclic) bond motifs is 3. The van der Waals surface area contributed by atoms with Crippen molar-refractivity contribution in [3.63, 3.8) is 0 Å². The molecule has 0 saturated heterocycles. The van der Waals surface area contributed by atoms with Crippen LogP contribution in [-0.2, 0) is 36.6 Å². The number of nitrogens with one attached hydrogen (secondary N) is 1. The quantitative estimate of drug-likeness (QED) is 0.0735. The Labute approximate surface area is 351 Å². The van der Waals surface area contributed by atoms with Gasteiger partial charge in [-0.05, 0) is 67.7 Å². The number of aryl methyl sites for hydroxylation is 1. The molecule has 314 valence electrons. The number of halogens is 3. The molecule has 0 radical (unpaired) electrons. The van der Waals surface area contributed by atoms with E-state index in [2.05, 4.69) is 71.8 Å². The van der Waals surface area contributed by atoms with Crippen molar-refractivity contribution in [3.8, 4) is 5.88 Å². The molecule has 0 atom stereocenters. The molecule has 0 aliphatic carbocycles. The molecule has 2 aliphatic rings. The Balaban J connectivity index is 0.937. The Morgan fingerprint density at radius 1 is 0.934 bits per heavy atom. The molecular formula is C46H48F3N10O2+. The number of allylic oxidation sites excluding steroid dienone is 6. The third-order valence-electron chi connectivity index (χ3n) is 11.5. The summed E-state index contributed by atoms with van der Waals surface area (Å²) >= 11 is 0. The van der Waals surface area contributed by atoms with E-state index in [1.54, 1.807) is 10.7 Å². The Kier molecular flexibility index (Phi) is 11.1. The first kappa shape index (κ1) is 41.1. The summed E-state index contributed by atoms with van der Waals surface area (Å²) in [6.07, 6.45) is 10.3. The lowest BCUT2D eigenvalue weighted by molar-refractivity contribution is -0.441. The number of aliphatic hydroxyl groups excluding tert-OH is 1. The zero-order valence-corrected chi connectivity index (χ0v) is 34.5. The van der Waals surface area contributed by atoms with Gasteiger partial charge in [0.1, 0.15) is 18.7 Å². The van der Waals surface area contributed by atoms with E-state index >= 15 is 0 Å². The normalized spacial score (nSPS) is 16.5. The summed E-state index contributed by atoms with van der Waals surface area (Å²) in [5.41, 5.74) is 13.7. The van der Waals surface area contributed by atoms with Gasteiger partial charge >= 0.3 is 6.18 Å². The van der Waals surface area contributed by atoms with Crippen molar-refractivity contribution in [2.75, 3.05) is 30.3 Å². The molecule has 2 aliphatic heterocycles. The van der Waals surface area contributed by atoms with Crippen LogP contribution in [0, 0.1) is 0 Å². The number of benzene rings is 3. The second kappa shape index (κ2) is 16.4. The molecule has 5 heterocycles. The van der Waals surface area contributed by atoms with Crippen molar-refractivity contribution in [2.24, 2.45) is 0 Å². The first-order valence-electron chi connectivity index (χ1n) is 20.2. The first-order valence-corrected chi connectivity index (χ1v) is 20.2. The van der Waals surface area contributed by atoms with Crippen molar-refractivity contribution in [1.29, 1.82) is 0 Å². The zero-order chi connectivity index (χ0) is 42.9. The van der Waals surface area contributed by atoms with E-state index < -0.39 is 17.2 Å². The fourth-order valence-electron chi connectivity index (χ4n) is 8.39. The number of aromatic amines is 1. The highest BCUT2D eigenvalue weighted by atomic mass is 19.4. The Morgan fingerprint density at radius 3 is 2.51 bits per heavy atom. The van der Waals surface area contributed by atoms with E-state index in [0.717, 1.165) is 45.7 Å². The number of anilines is 2. The number of β-amino-alcohol motifs (C(OH)–C–C–N with tert-alkyl or cyclic N) is 1. The van der Waals surface area contributed by atoms with Crippen LogP contribution in [0.2, 0.25) is 0 Å². The average molecular weight is 830 g/mol. The number of imidazole rings is 1. The van der Waals surface area contributed by atoms with Gasteiger partial charge in [0, 0.05) is 47.2 Å². The lowest BCUT2D eigenvalue weighted by Crippen LogP contribution is -2.28. The summed E-state index contributed by atoms with van der Waals surface area (Å²) < 4.78 is 51.6. The van der Waals surface area contributed by atoms with E-state index in [1.807, 2.05) is 80.7 Å². The van der Waals surface area contributed by atoms with Crippen molar-refractivity contribution < 1.29 is 27.6 Å². The number of aromatic nitrogens is 7.